The summed E-state index contributed by atoms with van der Waals surface area (Å²) in [6.07, 6.45) is 1.35. The van der Waals surface area contributed by atoms with E-state index in [4.69, 9.17) is 4.74 Å². The Morgan fingerprint density at radius 2 is 1.69 bits per heavy atom. The van der Waals surface area contributed by atoms with Crippen molar-refractivity contribution in [2.75, 3.05) is 25.0 Å². The van der Waals surface area contributed by atoms with Crippen molar-refractivity contribution in [2.45, 2.75) is 19.8 Å². The van der Waals surface area contributed by atoms with Gasteiger partial charge in [0.2, 0.25) is 5.91 Å². The number of ether oxygens (including phenoxy) is 1. The standard InChI is InChI=1S/C21H24N2O3/c1-16-7-9-18(10-8-16)22-21(25)17-11-13-23(14-12-17)20(24)15-26-19-5-3-2-4-6-19/h2-10,17H,11-15H2,1H3,(H,22,25). The third kappa shape index (κ3) is 4.85. The Balaban J connectivity index is 1.43. The van der Waals surface area contributed by atoms with E-state index < -0.39 is 0 Å². The molecular weight excluding hydrogens is 328 g/mol. The summed E-state index contributed by atoms with van der Waals surface area (Å²) in [4.78, 5) is 26.4. The highest BCUT2D eigenvalue weighted by Gasteiger charge is 2.27. The fourth-order valence-corrected chi connectivity index (χ4v) is 3.03. The van der Waals surface area contributed by atoms with Gasteiger partial charge >= 0.3 is 0 Å². The Morgan fingerprint density at radius 3 is 2.35 bits per heavy atom. The summed E-state index contributed by atoms with van der Waals surface area (Å²) >= 11 is 0. The topological polar surface area (TPSA) is 58.6 Å². The molecule has 0 aromatic heterocycles. The molecule has 3 rings (SSSR count). The molecule has 136 valence electrons. The second-order valence-corrected chi connectivity index (χ2v) is 6.61. The van der Waals surface area contributed by atoms with Crippen LogP contribution in [0.4, 0.5) is 5.69 Å². The molecule has 1 saturated heterocycles. The number of hydrogen-bond acceptors (Lipinski definition) is 3. The van der Waals surface area contributed by atoms with Gasteiger partial charge in [-0.05, 0) is 44.0 Å². The summed E-state index contributed by atoms with van der Waals surface area (Å²) in [5.74, 6) is 0.622. The van der Waals surface area contributed by atoms with Gasteiger partial charge in [-0.1, -0.05) is 35.9 Å². The van der Waals surface area contributed by atoms with Crippen LogP contribution in [-0.4, -0.2) is 36.4 Å². The molecule has 2 amide bonds. The summed E-state index contributed by atoms with van der Waals surface area (Å²) < 4.78 is 5.51. The molecule has 2 aromatic rings. The van der Waals surface area contributed by atoms with Crippen molar-refractivity contribution in [3.8, 4) is 5.75 Å². The number of amides is 2. The van der Waals surface area contributed by atoms with Crippen LogP contribution < -0.4 is 10.1 Å². The first-order valence-electron chi connectivity index (χ1n) is 8.95. The first-order chi connectivity index (χ1) is 12.6. The van der Waals surface area contributed by atoms with Gasteiger partial charge in [0.25, 0.3) is 5.91 Å². The zero-order chi connectivity index (χ0) is 18.4. The van der Waals surface area contributed by atoms with E-state index in [1.54, 1.807) is 4.90 Å². The van der Waals surface area contributed by atoms with E-state index in [1.165, 1.54) is 0 Å². The van der Waals surface area contributed by atoms with Gasteiger partial charge in [0.15, 0.2) is 6.61 Å². The Hall–Kier alpha value is -2.82. The van der Waals surface area contributed by atoms with Crippen LogP contribution in [-0.2, 0) is 9.59 Å². The number of para-hydroxylation sites is 1. The molecule has 0 spiro atoms. The van der Waals surface area contributed by atoms with Crippen molar-refractivity contribution in [3.05, 3.63) is 60.2 Å². The van der Waals surface area contributed by atoms with Crippen molar-refractivity contribution in [3.63, 3.8) is 0 Å². The molecule has 0 aliphatic carbocycles. The van der Waals surface area contributed by atoms with Crippen LogP contribution in [0.5, 0.6) is 5.75 Å². The van der Waals surface area contributed by atoms with Crippen LogP contribution in [0.3, 0.4) is 0 Å². The lowest BCUT2D eigenvalue weighted by Crippen LogP contribution is -2.43. The number of carbonyl (C=O) groups is 2. The molecule has 5 heteroatoms. The molecule has 0 atom stereocenters. The Labute approximate surface area is 154 Å². The minimum atomic E-state index is -0.0598. The van der Waals surface area contributed by atoms with Crippen LogP contribution in [0.25, 0.3) is 0 Å². The summed E-state index contributed by atoms with van der Waals surface area (Å²) in [6, 6.07) is 17.1. The van der Waals surface area contributed by atoms with Gasteiger partial charge in [0.1, 0.15) is 5.75 Å². The minimum absolute atomic E-state index is 0.0292. The molecule has 1 N–H and O–H groups in total. The summed E-state index contributed by atoms with van der Waals surface area (Å²) in [6.45, 7) is 3.22. The minimum Gasteiger partial charge on any atom is -0.484 e. The molecule has 1 heterocycles. The molecule has 2 aromatic carbocycles. The maximum absolute atomic E-state index is 12.4. The summed E-state index contributed by atoms with van der Waals surface area (Å²) in [5.41, 5.74) is 1.97. The quantitative estimate of drug-likeness (QED) is 0.899. The molecule has 5 nitrogen and oxygen atoms in total. The second-order valence-electron chi connectivity index (χ2n) is 6.61. The van der Waals surface area contributed by atoms with Gasteiger partial charge in [0.05, 0.1) is 0 Å². The number of benzene rings is 2. The number of nitrogens with one attached hydrogen (secondary N) is 1. The first kappa shape index (κ1) is 18.0. The molecule has 1 fully saturated rings. The molecular formula is C21H24N2O3. The van der Waals surface area contributed by atoms with Crippen LogP contribution in [0.2, 0.25) is 0 Å². The third-order valence-electron chi connectivity index (χ3n) is 4.64. The number of likely N-dealkylation sites (tertiary alicyclic amines) is 1. The predicted octanol–water partition coefficient (Wildman–Crippen LogP) is 3.25. The first-order valence-corrected chi connectivity index (χ1v) is 8.95. The SMILES string of the molecule is Cc1ccc(NC(=O)C2CCN(C(=O)COc3ccccc3)CC2)cc1. The van der Waals surface area contributed by atoms with Crippen molar-refractivity contribution in [1.82, 2.24) is 4.90 Å². The molecule has 0 bridgehead atoms. The second kappa shape index (κ2) is 8.52. The lowest BCUT2D eigenvalue weighted by molar-refractivity contribution is -0.136. The van der Waals surface area contributed by atoms with E-state index >= 15 is 0 Å². The Morgan fingerprint density at radius 1 is 1.04 bits per heavy atom. The maximum atomic E-state index is 12.4. The number of hydrogen-bond donors (Lipinski definition) is 1. The van der Waals surface area contributed by atoms with E-state index in [2.05, 4.69) is 5.32 Å². The summed E-state index contributed by atoms with van der Waals surface area (Å²) in [5, 5.41) is 2.96. The third-order valence-corrected chi connectivity index (χ3v) is 4.64. The van der Waals surface area contributed by atoms with Gasteiger partial charge in [-0.2, -0.15) is 0 Å². The molecule has 1 aliphatic rings. The average molecular weight is 352 g/mol. The number of anilines is 1. The molecule has 26 heavy (non-hydrogen) atoms. The van der Waals surface area contributed by atoms with Crippen LogP contribution in [0, 0.1) is 12.8 Å². The smallest absolute Gasteiger partial charge is 0.260 e. The molecule has 0 saturated carbocycles. The lowest BCUT2D eigenvalue weighted by atomic mass is 9.95. The van der Waals surface area contributed by atoms with E-state index in [0.29, 0.717) is 31.7 Å². The molecule has 0 unspecified atom stereocenters. The molecule has 0 radical (unpaired) electrons. The normalized spacial score (nSPS) is 14.7. The van der Waals surface area contributed by atoms with Crippen molar-refractivity contribution >= 4 is 17.5 Å². The largest absolute Gasteiger partial charge is 0.484 e. The maximum Gasteiger partial charge on any atom is 0.260 e. The van der Waals surface area contributed by atoms with E-state index in [9.17, 15) is 9.59 Å². The van der Waals surface area contributed by atoms with Crippen molar-refractivity contribution in [2.24, 2.45) is 5.92 Å². The van der Waals surface area contributed by atoms with Crippen molar-refractivity contribution < 1.29 is 14.3 Å². The van der Waals surface area contributed by atoms with E-state index in [1.807, 2.05) is 61.5 Å². The monoisotopic (exact) mass is 352 g/mol. The Bertz CT molecular complexity index is 736. The predicted molar refractivity (Wildman–Crippen MR) is 101 cm³/mol. The fraction of sp³-hybridized carbons (Fsp3) is 0.333. The number of aryl methyl sites for hydroxylation is 1. The van der Waals surface area contributed by atoms with Gasteiger partial charge < -0.3 is 15.0 Å². The van der Waals surface area contributed by atoms with E-state index in [-0.39, 0.29) is 24.3 Å². The highest BCUT2D eigenvalue weighted by Crippen LogP contribution is 2.20. The number of carbonyl (C=O) groups excluding carboxylic acids is 2. The van der Waals surface area contributed by atoms with Gasteiger partial charge in [-0.25, -0.2) is 0 Å². The van der Waals surface area contributed by atoms with Gasteiger partial charge in [0, 0.05) is 24.7 Å². The van der Waals surface area contributed by atoms with Crippen LogP contribution in [0.1, 0.15) is 18.4 Å². The van der Waals surface area contributed by atoms with Crippen LogP contribution >= 0.6 is 0 Å². The number of rotatable bonds is 5. The summed E-state index contributed by atoms with van der Waals surface area (Å²) in [7, 11) is 0. The number of piperidine rings is 1. The molecule has 1 aliphatic heterocycles. The Kier molecular flexibility index (Phi) is 5.89. The highest BCUT2D eigenvalue weighted by atomic mass is 16.5. The van der Waals surface area contributed by atoms with Crippen LogP contribution in [0.15, 0.2) is 54.6 Å². The average Bonchev–Trinajstić information content (AvgIpc) is 2.69. The zero-order valence-electron chi connectivity index (χ0n) is 15.0. The fourth-order valence-electron chi connectivity index (χ4n) is 3.03. The highest BCUT2D eigenvalue weighted by molar-refractivity contribution is 5.92. The number of nitrogens with zero attached hydrogens (tertiary/aromatic N) is 1. The van der Waals surface area contributed by atoms with E-state index in [0.717, 1.165) is 11.3 Å². The zero-order valence-corrected chi connectivity index (χ0v) is 15.0. The van der Waals surface area contributed by atoms with Crippen molar-refractivity contribution in [1.29, 1.82) is 0 Å². The lowest BCUT2D eigenvalue weighted by Gasteiger charge is -2.31. The van der Waals surface area contributed by atoms with Gasteiger partial charge in [-0.3, -0.25) is 9.59 Å². The van der Waals surface area contributed by atoms with Gasteiger partial charge in [-0.15, -0.1) is 0 Å².